The van der Waals surface area contributed by atoms with Gasteiger partial charge in [-0.25, -0.2) is 9.97 Å². The molecule has 1 aliphatic heterocycles. The fourth-order valence-electron chi connectivity index (χ4n) is 4.24. The number of anilines is 1. The number of carbonyl (C=O) groups excluding carboxylic acids is 2. The van der Waals surface area contributed by atoms with Crippen molar-refractivity contribution in [3.8, 4) is 11.8 Å². The number of hydrogen-bond acceptors (Lipinski definition) is 8. The van der Waals surface area contributed by atoms with Gasteiger partial charge in [-0.1, -0.05) is 48.0 Å². The number of carbonyl (C=O) groups is 2. The fraction of sp³-hybridized carbons (Fsp3) is 0.357. The molecule has 39 heavy (non-hydrogen) atoms. The van der Waals surface area contributed by atoms with Crippen molar-refractivity contribution in [1.82, 2.24) is 20.2 Å². The lowest BCUT2D eigenvalue weighted by molar-refractivity contribution is -0.134. The number of aromatic nitrogens is 2. The normalized spacial score (nSPS) is 15.2. The number of amides is 2. The Morgan fingerprint density at radius 3 is 2.56 bits per heavy atom. The summed E-state index contributed by atoms with van der Waals surface area (Å²) in [7, 11) is 3.32. The van der Waals surface area contributed by atoms with Crippen LogP contribution in [0.25, 0.3) is 0 Å². The number of hydrogen-bond donors (Lipinski definition) is 1. The van der Waals surface area contributed by atoms with Crippen LogP contribution in [0.15, 0.2) is 60.9 Å². The Kier molecular flexibility index (Phi) is 10.1. The lowest BCUT2D eigenvalue weighted by Crippen LogP contribution is -2.61. The molecule has 1 aliphatic rings. The van der Waals surface area contributed by atoms with Gasteiger partial charge >= 0.3 is 6.01 Å². The Morgan fingerprint density at radius 2 is 1.82 bits per heavy atom. The molecule has 10 nitrogen and oxygen atoms in total. The predicted molar refractivity (Wildman–Crippen MR) is 147 cm³/mol. The van der Waals surface area contributed by atoms with Gasteiger partial charge in [0.05, 0.1) is 51.6 Å². The van der Waals surface area contributed by atoms with Crippen molar-refractivity contribution in [3.63, 3.8) is 0 Å². The summed E-state index contributed by atoms with van der Waals surface area (Å²) in [6.07, 6.45) is 3.64. The van der Waals surface area contributed by atoms with E-state index >= 15 is 0 Å². The summed E-state index contributed by atoms with van der Waals surface area (Å²) in [6.45, 7) is 2.06. The monoisotopic (exact) mass is 553 g/mol. The first-order valence-electron chi connectivity index (χ1n) is 12.6. The van der Waals surface area contributed by atoms with Crippen LogP contribution in [0.5, 0.6) is 11.8 Å². The molecule has 11 heteroatoms. The highest BCUT2D eigenvalue weighted by Gasteiger charge is 2.36. The molecule has 0 bridgehead atoms. The Hall–Kier alpha value is -3.73. The SMILES string of the molecule is COc1ccccc1COCCCOc1ncc(N2C(=O)CNC[C@@H]2C(=O)N(C)Cc2ccccc2Cl)cn1. The number of para-hydroxylation sites is 1. The summed E-state index contributed by atoms with van der Waals surface area (Å²) in [4.78, 5) is 37.6. The highest BCUT2D eigenvalue weighted by atomic mass is 35.5. The van der Waals surface area contributed by atoms with Gasteiger partial charge in [0.25, 0.3) is 0 Å². The Morgan fingerprint density at radius 1 is 1.10 bits per heavy atom. The zero-order chi connectivity index (χ0) is 27.6. The second-order valence-corrected chi connectivity index (χ2v) is 9.39. The molecule has 0 unspecified atom stereocenters. The fourth-order valence-corrected chi connectivity index (χ4v) is 4.43. The number of rotatable bonds is 12. The minimum absolute atomic E-state index is 0.116. The Balaban J connectivity index is 1.29. The smallest absolute Gasteiger partial charge is 0.316 e. The van der Waals surface area contributed by atoms with Crippen LogP contribution in [0.3, 0.4) is 0 Å². The number of likely N-dealkylation sites (N-methyl/N-ethyl adjacent to an activating group) is 1. The molecule has 4 rings (SSSR count). The quantitative estimate of drug-likeness (QED) is 0.341. The first-order valence-corrected chi connectivity index (χ1v) is 13.0. The lowest BCUT2D eigenvalue weighted by atomic mass is 10.1. The third kappa shape index (κ3) is 7.44. The zero-order valence-electron chi connectivity index (χ0n) is 22.0. The molecule has 1 atom stereocenters. The van der Waals surface area contributed by atoms with Gasteiger partial charge in [0, 0.05) is 37.1 Å². The molecule has 2 aromatic carbocycles. The molecular weight excluding hydrogens is 522 g/mol. The number of methoxy groups -OCH3 is 1. The van der Waals surface area contributed by atoms with E-state index in [0.717, 1.165) is 16.9 Å². The van der Waals surface area contributed by atoms with Gasteiger partial charge in [0.2, 0.25) is 11.8 Å². The number of nitrogens with one attached hydrogen (secondary N) is 1. The van der Waals surface area contributed by atoms with E-state index in [1.807, 2.05) is 42.5 Å². The van der Waals surface area contributed by atoms with Crippen LogP contribution in [0.4, 0.5) is 5.69 Å². The molecular formula is C28H32ClN5O5. The molecule has 0 spiro atoms. The maximum Gasteiger partial charge on any atom is 0.316 e. The minimum Gasteiger partial charge on any atom is -0.496 e. The van der Waals surface area contributed by atoms with Crippen LogP contribution >= 0.6 is 11.6 Å². The van der Waals surface area contributed by atoms with Gasteiger partial charge in [-0.2, -0.15) is 0 Å². The standard InChI is InChI=1S/C28H32ClN5O5/c1-33(18-20-8-3-5-10-23(20)29)27(36)24-16-30-17-26(35)34(24)22-14-31-28(32-15-22)39-13-7-12-38-19-21-9-4-6-11-25(21)37-2/h3-6,8-11,14-15,24,30H,7,12-13,16-19H2,1-2H3/t24-/m1/s1. The van der Waals surface area contributed by atoms with Crippen molar-refractivity contribution in [2.24, 2.45) is 0 Å². The molecule has 3 aromatic rings. The van der Waals surface area contributed by atoms with Gasteiger partial charge in [0.15, 0.2) is 0 Å². The highest BCUT2D eigenvalue weighted by molar-refractivity contribution is 6.31. The summed E-state index contributed by atoms with van der Waals surface area (Å²) in [6, 6.07) is 14.5. The van der Waals surface area contributed by atoms with Crippen LogP contribution in [0.1, 0.15) is 17.5 Å². The molecule has 1 saturated heterocycles. The molecule has 206 valence electrons. The third-order valence-electron chi connectivity index (χ3n) is 6.23. The van der Waals surface area contributed by atoms with Crippen LogP contribution in [0, 0.1) is 0 Å². The van der Waals surface area contributed by atoms with Gasteiger partial charge in [-0.3, -0.25) is 14.5 Å². The zero-order valence-corrected chi connectivity index (χ0v) is 22.8. The summed E-state index contributed by atoms with van der Waals surface area (Å²) in [5, 5.41) is 3.60. The van der Waals surface area contributed by atoms with Gasteiger partial charge in [-0.15, -0.1) is 0 Å². The predicted octanol–water partition coefficient (Wildman–Crippen LogP) is 3.09. The van der Waals surface area contributed by atoms with Gasteiger partial charge in [0.1, 0.15) is 11.8 Å². The largest absolute Gasteiger partial charge is 0.496 e. The number of halogens is 1. The van der Waals surface area contributed by atoms with Crippen LogP contribution in [-0.2, 0) is 27.5 Å². The van der Waals surface area contributed by atoms with Gasteiger partial charge in [-0.05, 0) is 17.7 Å². The van der Waals surface area contributed by atoms with E-state index in [2.05, 4.69) is 15.3 Å². The van der Waals surface area contributed by atoms with E-state index < -0.39 is 6.04 Å². The Bertz CT molecular complexity index is 1260. The van der Waals surface area contributed by atoms with E-state index in [1.165, 1.54) is 17.3 Å². The third-order valence-corrected chi connectivity index (χ3v) is 6.60. The number of benzene rings is 2. The molecule has 0 saturated carbocycles. The Labute approximate surface area is 232 Å². The first-order chi connectivity index (χ1) is 19.0. The maximum atomic E-state index is 13.3. The number of nitrogens with zero attached hydrogens (tertiary/aromatic N) is 4. The summed E-state index contributed by atoms with van der Waals surface area (Å²) < 4.78 is 16.7. The van der Waals surface area contributed by atoms with Crippen molar-refractivity contribution in [2.45, 2.75) is 25.6 Å². The van der Waals surface area contributed by atoms with Crippen molar-refractivity contribution < 1.29 is 23.8 Å². The molecule has 1 N–H and O–H groups in total. The topological polar surface area (TPSA) is 106 Å². The number of ether oxygens (including phenoxy) is 3. The van der Waals surface area contributed by atoms with E-state index in [0.29, 0.717) is 50.0 Å². The van der Waals surface area contributed by atoms with Crippen LogP contribution in [0.2, 0.25) is 5.02 Å². The summed E-state index contributed by atoms with van der Waals surface area (Å²) in [5.41, 5.74) is 2.24. The molecule has 2 amide bonds. The van der Waals surface area contributed by atoms with Gasteiger partial charge < -0.3 is 24.4 Å². The van der Waals surface area contributed by atoms with Crippen LogP contribution in [-0.4, -0.2) is 73.2 Å². The van der Waals surface area contributed by atoms with E-state index in [9.17, 15) is 9.59 Å². The molecule has 0 aliphatic carbocycles. The summed E-state index contributed by atoms with van der Waals surface area (Å²) in [5.74, 6) is 0.334. The molecule has 0 radical (unpaired) electrons. The van der Waals surface area contributed by atoms with Crippen molar-refractivity contribution in [3.05, 3.63) is 77.1 Å². The second-order valence-electron chi connectivity index (χ2n) is 8.99. The molecule has 1 aromatic heterocycles. The minimum atomic E-state index is -0.741. The molecule has 2 heterocycles. The van der Waals surface area contributed by atoms with E-state index in [1.54, 1.807) is 25.1 Å². The average Bonchev–Trinajstić information content (AvgIpc) is 2.96. The van der Waals surface area contributed by atoms with E-state index in [-0.39, 0.29) is 24.4 Å². The first kappa shape index (κ1) is 28.3. The maximum absolute atomic E-state index is 13.3. The lowest BCUT2D eigenvalue weighted by Gasteiger charge is -2.36. The average molecular weight is 554 g/mol. The van der Waals surface area contributed by atoms with Crippen LogP contribution < -0.4 is 19.7 Å². The van der Waals surface area contributed by atoms with Crippen molar-refractivity contribution in [1.29, 1.82) is 0 Å². The van der Waals surface area contributed by atoms with Crippen molar-refractivity contribution >= 4 is 29.1 Å². The highest BCUT2D eigenvalue weighted by Crippen LogP contribution is 2.22. The van der Waals surface area contributed by atoms with E-state index in [4.69, 9.17) is 25.8 Å². The summed E-state index contributed by atoms with van der Waals surface area (Å²) >= 11 is 6.26. The number of piperazine rings is 1. The molecule has 1 fully saturated rings. The van der Waals surface area contributed by atoms with Crippen molar-refractivity contribution in [2.75, 3.05) is 45.4 Å². The second kappa shape index (κ2) is 13.9.